The largest absolute Gasteiger partial charge is 0.493 e. The van der Waals surface area contributed by atoms with Crippen LogP contribution in [0.5, 0.6) is 11.5 Å². The number of ether oxygens (including phenoxy) is 3. The third-order valence-electron chi connectivity index (χ3n) is 4.30. The van der Waals surface area contributed by atoms with Gasteiger partial charge in [0.2, 0.25) is 0 Å². The molecule has 1 amide bonds. The Hall–Kier alpha value is -3.29. The highest BCUT2D eigenvalue weighted by atomic mass is 16.5. The minimum absolute atomic E-state index is 0.149. The number of esters is 1. The zero-order valence-corrected chi connectivity index (χ0v) is 16.8. The highest BCUT2D eigenvalue weighted by Gasteiger charge is 2.25. The Balaban J connectivity index is 2.09. The third kappa shape index (κ3) is 4.33. The lowest BCUT2D eigenvalue weighted by atomic mass is 10.1. The van der Waals surface area contributed by atoms with Crippen LogP contribution in [-0.2, 0) is 9.53 Å². The van der Waals surface area contributed by atoms with Crippen molar-refractivity contribution in [3.05, 3.63) is 40.7 Å². The summed E-state index contributed by atoms with van der Waals surface area (Å²) in [4.78, 5) is 39.4. The summed E-state index contributed by atoms with van der Waals surface area (Å²) in [6, 6.07) is 4.90. The van der Waals surface area contributed by atoms with Crippen LogP contribution in [0, 0.1) is 13.8 Å². The Labute approximate surface area is 163 Å². The topological polar surface area (TPSA) is 107 Å². The number of hydrogen-bond acceptors (Lipinski definition) is 6. The summed E-state index contributed by atoms with van der Waals surface area (Å²) >= 11 is 0. The number of H-pyrrole nitrogens is 1. The second-order valence-electron chi connectivity index (χ2n) is 6.29. The molecule has 8 nitrogen and oxygen atoms in total. The van der Waals surface area contributed by atoms with Gasteiger partial charge in [-0.25, -0.2) is 4.79 Å². The molecule has 0 spiro atoms. The molecule has 1 aromatic carbocycles. The van der Waals surface area contributed by atoms with E-state index >= 15 is 0 Å². The average Bonchev–Trinajstić information content (AvgIpc) is 2.95. The number of aromatic amines is 1. The van der Waals surface area contributed by atoms with E-state index < -0.39 is 18.0 Å². The van der Waals surface area contributed by atoms with Gasteiger partial charge in [0.05, 0.1) is 14.2 Å². The zero-order chi connectivity index (χ0) is 21.0. The molecular formula is C20H24N2O6. The number of aromatic nitrogens is 1. The van der Waals surface area contributed by atoms with Gasteiger partial charge in [-0.1, -0.05) is 0 Å². The maximum atomic E-state index is 12.4. The lowest BCUT2D eigenvalue weighted by Crippen LogP contribution is -2.30. The van der Waals surface area contributed by atoms with Gasteiger partial charge in [0.25, 0.3) is 5.91 Å². The number of benzene rings is 1. The number of aryl methyl sites for hydroxylation is 1. The highest BCUT2D eigenvalue weighted by Crippen LogP contribution is 2.29. The van der Waals surface area contributed by atoms with Crippen molar-refractivity contribution in [1.82, 2.24) is 4.98 Å². The first-order valence-corrected chi connectivity index (χ1v) is 8.63. The number of Topliss-reactive ketones (excluding diaryl/α,β-unsaturated/α-hetero) is 1. The van der Waals surface area contributed by atoms with Crippen LogP contribution < -0.4 is 14.8 Å². The Morgan fingerprint density at radius 3 is 2.25 bits per heavy atom. The molecular weight excluding hydrogens is 364 g/mol. The van der Waals surface area contributed by atoms with Crippen molar-refractivity contribution in [2.24, 2.45) is 0 Å². The first-order chi connectivity index (χ1) is 13.2. The van der Waals surface area contributed by atoms with Crippen LogP contribution in [0.15, 0.2) is 18.2 Å². The van der Waals surface area contributed by atoms with E-state index in [9.17, 15) is 14.4 Å². The molecule has 1 heterocycles. The fourth-order valence-corrected chi connectivity index (χ4v) is 2.91. The number of methoxy groups -OCH3 is 2. The summed E-state index contributed by atoms with van der Waals surface area (Å²) in [5.41, 5.74) is 2.17. The Bertz CT molecular complexity index is 916. The Morgan fingerprint density at radius 2 is 1.71 bits per heavy atom. The highest BCUT2D eigenvalue weighted by molar-refractivity contribution is 6.02. The number of rotatable bonds is 7. The molecule has 28 heavy (non-hydrogen) atoms. The molecule has 0 aliphatic carbocycles. The predicted molar refractivity (Wildman–Crippen MR) is 103 cm³/mol. The number of carbonyl (C=O) groups is 3. The van der Waals surface area contributed by atoms with E-state index in [0.29, 0.717) is 34.0 Å². The van der Waals surface area contributed by atoms with E-state index in [1.807, 2.05) is 0 Å². The molecule has 0 saturated carbocycles. The normalized spacial score (nSPS) is 11.5. The van der Waals surface area contributed by atoms with Crippen LogP contribution in [0.4, 0.5) is 5.69 Å². The van der Waals surface area contributed by atoms with E-state index in [2.05, 4.69) is 10.3 Å². The molecule has 0 radical (unpaired) electrons. The number of carbonyl (C=O) groups excluding carboxylic acids is 3. The average molecular weight is 388 g/mol. The standard InChI is InChI=1S/C20H24N2O6/c1-10-17(12(3)23)11(2)21-18(10)20(25)28-13(4)19(24)22-14-7-8-15(26-5)16(9-14)27-6/h7-9,13,21H,1-6H3,(H,22,24)/t13-/m1/s1. The van der Waals surface area contributed by atoms with Gasteiger partial charge in [-0.15, -0.1) is 0 Å². The fourth-order valence-electron chi connectivity index (χ4n) is 2.91. The molecule has 8 heteroatoms. The third-order valence-corrected chi connectivity index (χ3v) is 4.30. The lowest BCUT2D eigenvalue weighted by Gasteiger charge is -2.15. The van der Waals surface area contributed by atoms with Gasteiger partial charge in [0, 0.05) is 23.0 Å². The van der Waals surface area contributed by atoms with Crippen LogP contribution >= 0.6 is 0 Å². The second kappa shape index (κ2) is 8.60. The smallest absolute Gasteiger partial charge is 0.355 e. The quantitative estimate of drug-likeness (QED) is 0.558. The number of hydrogen-bond donors (Lipinski definition) is 2. The van der Waals surface area contributed by atoms with Gasteiger partial charge in [-0.2, -0.15) is 0 Å². The van der Waals surface area contributed by atoms with E-state index in [0.717, 1.165) is 0 Å². The SMILES string of the molecule is COc1ccc(NC(=O)[C@@H](C)OC(=O)c2[nH]c(C)c(C(C)=O)c2C)cc1OC. The van der Waals surface area contributed by atoms with Gasteiger partial charge in [0.1, 0.15) is 5.69 Å². The fraction of sp³-hybridized carbons (Fsp3) is 0.350. The van der Waals surface area contributed by atoms with Crippen LogP contribution in [-0.4, -0.2) is 43.0 Å². The number of nitrogens with one attached hydrogen (secondary N) is 2. The molecule has 2 aromatic rings. The minimum atomic E-state index is -1.05. The van der Waals surface area contributed by atoms with Gasteiger partial charge in [0.15, 0.2) is 23.4 Å². The number of anilines is 1. The first kappa shape index (κ1) is 21.0. The zero-order valence-electron chi connectivity index (χ0n) is 16.8. The molecule has 1 aromatic heterocycles. The molecule has 2 rings (SSSR count). The summed E-state index contributed by atoms with van der Waals surface area (Å²) < 4.78 is 15.6. The van der Waals surface area contributed by atoms with Gasteiger partial charge in [-0.05, 0) is 45.4 Å². The van der Waals surface area contributed by atoms with Gasteiger partial charge < -0.3 is 24.5 Å². The van der Waals surface area contributed by atoms with E-state index in [1.165, 1.54) is 28.1 Å². The molecule has 2 N–H and O–H groups in total. The van der Waals surface area contributed by atoms with Crippen LogP contribution in [0.3, 0.4) is 0 Å². The van der Waals surface area contributed by atoms with E-state index in [-0.39, 0.29) is 11.5 Å². The lowest BCUT2D eigenvalue weighted by molar-refractivity contribution is -0.123. The van der Waals surface area contributed by atoms with Crippen molar-refractivity contribution >= 4 is 23.3 Å². The maximum absolute atomic E-state index is 12.4. The number of amides is 1. The molecule has 1 atom stereocenters. The molecule has 0 aliphatic rings. The summed E-state index contributed by atoms with van der Waals surface area (Å²) in [7, 11) is 3.00. The van der Waals surface area contributed by atoms with Crippen molar-refractivity contribution in [3.63, 3.8) is 0 Å². The van der Waals surface area contributed by atoms with Crippen LogP contribution in [0.2, 0.25) is 0 Å². The summed E-state index contributed by atoms with van der Waals surface area (Å²) in [5, 5.41) is 2.66. The van der Waals surface area contributed by atoms with Crippen molar-refractivity contribution in [1.29, 1.82) is 0 Å². The minimum Gasteiger partial charge on any atom is -0.493 e. The molecule has 0 bridgehead atoms. The molecule has 0 fully saturated rings. The maximum Gasteiger partial charge on any atom is 0.355 e. The molecule has 0 saturated heterocycles. The molecule has 0 unspecified atom stereocenters. The Morgan fingerprint density at radius 1 is 1.07 bits per heavy atom. The van der Waals surface area contributed by atoms with E-state index in [4.69, 9.17) is 14.2 Å². The second-order valence-corrected chi connectivity index (χ2v) is 6.29. The van der Waals surface area contributed by atoms with Crippen molar-refractivity contribution in [2.45, 2.75) is 33.8 Å². The predicted octanol–water partition coefficient (Wildman–Crippen LogP) is 3.04. The van der Waals surface area contributed by atoms with Crippen molar-refractivity contribution in [2.75, 3.05) is 19.5 Å². The monoisotopic (exact) mass is 388 g/mol. The van der Waals surface area contributed by atoms with Gasteiger partial charge >= 0.3 is 5.97 Å². The summed E-state index contributed by atoms with van der Waals surface area (Å²) in [6.07, 6.45) is -1.05. The van der Waals surface area contributed by atoms with Gasteiger partial charge in [-0.3, -0.25) is 9.59 Å². The summed E-state index contributed by atoms with van der Waals surface area (Å²) in [6.45, 7) is 6.25. The summed E-state index contributed by atoms with van der Waals surface area (Å²) in [5.74, 6) is -0.376. The van der Waals surface area contributed by atoms with Crippen LogP contribution in [0.25, 0.3) is 0 Å². The van der Waals surface area contributed by atoms with E-state index in [1.54, 1.807) is 32.0 Å². The first-order valence-electron chi connectivity index (χ1n) is 8.63. The molecule has 0 aliphatic heterocycles. The Kier molecular flexibility index (Phi) is 6.45. The molecule has 150 valence electrons. The van der Waals surface area contributed by atoms with Crippen molar-refractivity contribution in [3.8, 4) is 11.5 Å². The number of ketones is 1. The van der Waals surface area contributed by atoms with Crippen LogP contribution in [0.1, 0.15) is 46.0 Å². The van der Waals surface area contributed by atoms with Crippen molar-refractivity contribution < 1.29 is 28.6 Å².